The van der Waals surface area contributed by atoms with Gasteiger partial charge in [0.05, 0.1) is 12.4 Å². The molecule has 1 atom stereocenters. The zero-order valence-electron chi connectivity index (χ0n) is 14.3. The molecule has 3 aromatic rings. The minimum atomic E-state index is -0.307. The molecule has 0 fully saturated rings. The molecule has 134 valence electrons. The van der Waals surface area contributed by atoms with Gasteiger partial charge in [-0.25, -0.2) is 0 Å². The van der Waals surface area contributed by atoms with Gasteiger partial charge in [0.1, 0.15) is 5.75 Å². The number of amides is 1. The van der Waals surface area contributed by atoms with Crippen LogP contribution < -0.4 is 15.4 Å². The van der Waals surface area contributed by atoms with Crippen LogP contribution in [0.15, 0.2) is 58.9 Å². The van der Waals surface area contributed by atoms with E-state index >= 15 is 0 Å². The summed E-state index contributed by atoms with van der Waals surface area (Å²) < 4.78 is 5.90. The zero-order valence-corrected chi connectivity index (χ0v) is 15.9. The third kappa shape index (κ3) is 4.96. The SMILES string of the molecule is COc1cccc(NC(=O)[C@H](C)Sc2nnc(Nc3ccccc3)s2)c1. The number of carbonyl (C=O) groups is 1. The van der Waals surface area contributed by atoms with Crippen LogP contribution in [0.5, 0.6) is 5.75 Å². The van der Waals surface area contributed by atoms with Gasteiger partial charge in [0.25, 0.3) is 0 Å². The Bertz CT molecular complexity index is 870. The number of benzene rings is 2. The lowest BCUT2D eigenvalue weighted by atomic mass is 10.3. The van der Waals surface area contributed by atoms with Crippen molar-refractivity contribution in [1.82, 2.24) is 10.2 Å². The second kappa shape index (κ2) is 8.68. The van der Waals surface area contributed by atoms with Crippen molar-refractivity contribution >= 4 is 45.5 Å². The van der Waals surface area contributed by atoms with E-state index in [2.05, 4.69) is 20.8 Å². The summed E-state index contributed by atoms with van der Waals surface area (Å²) in [7, 11) is 1.59. The normalized spacial score (nSPS) is 11.6. The maximum Gasteiger partial charge on any atom is 0.237 e. The fourth-order valence-electron chi connectivity index (χ4n) is 2.10. The first-order valence-electron chi connectivity index (χ1n) is 7.91. The number of methoxy groups -OCH3 is 1. The van der Waals surface area contributed by atoms with E-state index in [1.807, 2.05) is 55.5 Å². The van der Waals surface area contributed by atoms with Gasteiger partial charge in [-0.15, -0.1) is 10.2 Å². The Morgan fingerprint density at radius 3 is 2.65 bits per heavy atom. The van der Waals surface area contributed by atoms with Crippen LogP contribution in [0.25, 0.3) is 0 Å². The van der Waals surface area contributed by atoms with E-state index in [0.717, 1.165) is 10.0 Å². The second-order valence-corrected chi connectivity index (χ2v) is 7.91. The summed E-state index contributed by atoms with van der Waals surface area (Å²) in [5.74, 6) is 0.597. The number of nitrogens with zero attached hydrogens (tertiary/aromatic N) is 2. The molecule has 0 aliphatic carbocycles. The summed E-state index contributed by atoms with van der Waals surface area (Å²) in [6.07, 6.45) is 0. The predicted molar refractivity (Wildman–Crippen MR) is 107 cm³/mol. The molecular formula is C18H18N4O2S2. The molecule has 1 aromatic heterocycles. The van der Waals surface area contributed by atoms with Gasteiger partial charge >= 0.3 is 0 Å². The molecule has 1 amide bonds. The third-order valence-electron chi connectivity index (χ3n) is 3.42. The second-order valence-electron chi connectivity index (χ2n) is 5.35. The van der Waals surface area contributed by atoms with Crippen molar-refractivity contribution in [1.29, 1.82) is 0 Å². The van der Waals surface area contributed by atoms with E-state index in [9.17, 15) is 4.79 Å². The first kappa shape index (κ1) is 18.2. The van der Waals surface area contributed by atoms with Crippen LogP contribution in [0, 0.1) is 0 Å². The Morgan fingerprint density at radius 1 is 1.12 bits per heavy atom. The number of aromatic nitrogens is 2. The maximum absolute atomic E-state index is 12.4. The van der Waals surface area contributed by atoms with Crippen LogP contribution in [0.3, 0.4) is 0 Å². The molecule has 6 nitrogen and oxygen atoms in total. The molecule has 3 rings (SSSR count). The van der Waals surface area contributed by atoms with Crippen LogP contribution >= 0.6 is 23.1 Å². The molecule has 1 heterocycles. The van der Waals surface area contributed by atoms with Gasteiger partial charge in [-0.05, 0) is 31.2 Å². The van der Waals surface area contributed by atoms with Crippen LogP contribution in [-0.4, -0.2) is 28.5 Å². The Hall–Kier alpha value is -2.58. The minimum absolute atomic E-state index is 0.101. The third-order valence-corrected chi connectivity index (χ3v) is 5.44. The van der Waals surface area contributed by atoms with Crippen molar-refractivity contribution < 1.29 is 9.53 Å². The molecule has 0 bridgehead atoms. The number of para-hydroxylation sites is 1. The molecule has 8 heteroatoms. The molecule has 2 aromatic carbocycles. The quantitative estimate of drug-likeness (QED) is 0.586. The molecule has 2 N–H and O–H groups in total. The van der Waals surface area contributed by atoms with E-state index in [1.54, 1.807) is 13.2 Å². The van der Waals surface area contributed by atoms with Crippen LogP contribution in [0.1, 0.15) is 6.92 Å². The number of rotatable bonds is 7. The summed E-state index contributed by atoms with van der Waals surface area (Å²) in [5.41, 5.74) is 1.65. The minimum Gasteiger partial charge on any atom is -0.497 e. The molecule has 0 radical (unpaired) electrons. The Labute approximate surface area is 160 Å². The number of nitrogens with one attached hydrogen (secondary N) is 2. The van der Waals surface area contributed by atoms with Crippen molar-refractivity contribution in [3.63, 3.8) is 0 Å². The van der Waals surface area contributed by atoms with Gasteiger partial charge in [0.15, 0.2) is 4.34 Å². The Morgan fingerprint density at radius 2 is 1.88 bits per heavy atom. The summed E-state index contributed by atoms with van der Waals surface area (Å²) in [5, 5.41) is 14.7. The molecular weight excluding hydrogens is 368 g/mol. The molecule has 26 heavy (non-hydrogen) atoms. The number of ether oxygens (including phenoxy) is 1. The summed E-state index contributed by atoms with van der Waals surface area (Å²) in [4.78, 5) is 12.4. The van der Waals surface area contributed by atoms with Gasteiger partial charge in [-0.3, -0.25) is 4.79 Å². The van der Waals surface area contributed by atoms with Crippen molar-refractivity contribution in [3.05, 3.63) is 54.6 Å². The Balaban J connectivity index is 1.57. The van der Waals surface area contributed by atoms with E-state index in [-0.39, 0.29) is 11.2 Å². The van der Waals surface area contributed by atoms with E-state index in [0.29, 0.717) is 16.6 Å². The van der Waals surface area contributed by atoms with Gasteiger partial charge < -0.3 is 15.4 Å². The standard InChI is InChI=1S/C18H18N4O2S2/c1-12(16(23)19-14-9-6-10-15(11-14)24-2)25-18-22-21-17(26-18)20-13-7-4-3-5-8-13/h3-12H,1-2H3,(H,19,23)(H,20,21)/t12-/m0/s1. The smallest absolute Gasteiger partial charge is 0.237 e. The van der Waals surface area contributed by atoms with Crippen molar-refractivity contribution in [2.24, 2.45) is 0 Å². The van der Waals surface area contributed by atoms with Gasteiger partial charge in [0.2, 0.25) is 11.0 Å². The number of carbonyl (C=O) groups excluding carboxylic acids is 1. The van der Waals surface area contributed by atoms with Crippen molar-refractivity contribution in [2.45, 2.75) is 16.5 Å². The van der Waals surface area contributed by atoms with Gasteiger partial charge in [0, 0.05) is 17.4 Å². The van der Waals surface area contributed by atoms with E-state index in [1.165, 1.54) is 23.1 Å². The predicted octanol–water partition coefficient (Wildman–Crippen LogP) is 4.41. The summed E-state index contributed by atoms with van der Waals surface area (Å²) >= 11 is 2.79. The molecule has 0 aliphatic rings. The lowest BCUT2D eigenvalue weighted by Gasteiger charge is -2.11. The number of thioether (sulfide) groups is 1. The number of hydrogen-bond donors (Lipinski definition) is 2. The molecule has 0 unspecified atom stereocenters. The van der Waals surface area contributed by atoms with Crippen molar-refractivity contribution in [3.8, 4) is 5.75 Å². The number of hydrogen-bond acceptors (Lipinski definition) is 7. The fourth-order valence-corrected chi connectivity index (χ4v) is 4.02. The maximum atomic E-state index is 12.4. The molecule has 0 saturated heterocycles. The summed E-state index contributed by atoms with van der Waals surface area (Å²) in [6.45, 7) is 1.84. The highest BCUT2D eigenvalue weighted by Gasteiger charge is 2.17. The highest BCUT2D eigenvalue weighted by Crippen LogP contribution is 2.31. The zero-order chi connectivity index (χ0) is 18.4. The molecule has 0 spiro atoms. The fraction of sp³-hybridized carbons (Fsp3) is 0.167. The molecule has 0 saturated carbocycles. The van der Waals surface area contributed by atoms with Crippen LogP contribution in [0.4, 0.5) is 16.5 Å². The number of anilines is 3. The van der Waals surface area contributed by atoms with Crippen molar-refractivity contribution in [2.75, 3.05) is 17.7 Å². The topological polar surface area (TPSA) is 76.1 Å². The van der Waals surface area contributed by atoms with Gasteiger partial charge in [-0.2, -0.15) is 0 Å². The first-order valence-corrected chi connectivity index (χ1v) is 9.61. The Kier molecular flexibility index (Phi) is 6.08. The summed E-state index contributed by atoms with van der Waals surface area (Å²) in [6, 6.07) is 17.0. The lowest BCUT2D eigenvalue weighted by molar-refractivity contribution is -0.115. The van der Waals surface area contributed by atoms with E-state index in [4.69, 9.17) is 4.74 Å². The average molecular weight is 387 g/mol. The van der Waals surface area contributed by atoms with Gasteiger partial charge in [-0.1, -0.05) is 47.4 Å². The first-order chi connectivity index (χ1) is 12.6. The van der Waals surface area contributed by atoms with Crippen LogP contribution in [0.2, 0.25) is 0 Å². The monoisotopic (exact) mass is 386 g/mol. The lowest BCUT2D eigenvalue weighted by Crippen LogP contribution is -2.22. The van der Waals surface area contributed by atoms with E-state index < -0.39 is 0 Å². The largest absolute Gasteiger partial charge is 0.497 e. The van der Waals surface area contributed by atoms with Crippen LogP contribution in [-0.2, 0) is 4.79 Å². The average Bonchev–Trinajstić information content (AvgIpc) is 3.09. The molecule has 0 aliphatic heterocycles. The highest BCUT2D eigenvalue weighted by atomic mass is 32.2. The highest BCUT2D eigenvalue weighted by molar-refractivity contribution is 8.02.